The van der Waals surface area contributed by atoms with Crippen molar-refractivity contribution in [2.45, 2.75) is 32.2 Å². The van der Waals surface area contributed by atoms with Gasteiger partial charge < -0.3 is 15.5 Å². The second kappa shape index (κ2) is 10.7. The van der Waals surface area contributed by atoms with Gasteiger partial charge in [0.25, 0.3) is 0 Å². The van der Waals surface area contributed by atoms with E-state index in [1.54, 1.807) is 0 Å². The van der Waals surface area contributed by atoms with Crippen LogP contribution in [-0.4, -0.2) is 68.1 Å². The van der Waals surface area contributed by atoms with E-state index >= 15 is 0 Å². The molecule has 3 rings (SSSR count). The highest BCUT2D eigenvalue weighted by atomic mass is 16.1. The highest BCUT2D eigenvalue weighted by molar-refractivity contribution is 5.78. The van der Waals surface area contributed by atoms with E-state index in [4.69, 9.17) is 0 Å². The smallest absolute Gasteiger partial charge is 0.224 e. The summed E-state index contributed by atoms with van der Waals surface area (Å²) in [5.74, 6) is 0.424. The first-order valence-electron chi connectivity index (χ1n) is 10.3. The molecule has 1 atom stereocenters. The Kier molecular flexibility index (Phi) is 7.92. The van der Waals surface area contributed by atoms with Gasteiger partial charge in [-0.15, -0.1) is 0 Å². The highest BCUT2D eigenvalue weighted by Crippen LogP contribution is 2.10. The average molecular weight is 359 g/mol. The topological polar surface area (TPSA) is 47.6 Å². The van der Waals surface area contributed by atoms with E-state index in [0.29, 0.717) is 0 Å². The third-order valence-electron chi connectivity index (χ3n) is 5.58. The van der Waals surface area contributed by atoms with Crippen LogP contribution in [0.3, 0.4) is 0 Å². The molecule has 0 bridgehead atoms. The first kappa shape index (κ1) is 19.3. The average Bonchev–Trinajstić information content (AvgIpc) is 2.70. The molecule has 5 nitrogen and oxygen atoms in total. The minimum atomic E-state index is 0.182. The maximum Gasteiger partial charge on any atom is 0.224 e. The molecule has 0 radical (unpaired) electrons. The molecule has 2 heterocycles. The van der Waals surface area contributed by atoms with Crippen LogP contribution in [0, 0.1) is 5.92 Å². The van der Waals surface area contributed by atoms with Crippen LogP contribution >= 0.6 is 0 Å². The van der Waals surface area contributed by atoms with Crippen molar-refractivity contribution in [2.24, 2.45) is 5.92 Å². The lowest BCUT2D eigenvalue weighted by Gasteiger charge is -2.34. The van der Waals surface area contributed by atoms with E-state index in [9.17, 15) is 4.79 Å². The van der Waals surface area contributed by atoms with Gasteiger partial charge in [-0.1, -0.05) is 30.3 Å². The van der Waals surface area contributed by atoms with E-state index in [1.807, 2.05) is 0 Å². The zero-order valence-electron chi connectivity index (χ0n) is 16.0. The van der Waals surface area contributed by atoms with E-state index in [-0.39, 0.29) is 11.8 Å². The van der Waals surface area contributed by atoms with E-state index in [1.165, 1.54) is 12.0 Å². The van der Waals surface area contributed by atoms with Gasteiger partial charge in [0.1, 0.15) is 0 Å². The van der Waals surface area contributed by atoms with Crippen LogP contribution in [-0.2, 0) is 11.3 Å². The lowest BCUT2D eigenvalue weighted by atomic mass is 9.99. The van der Waals surface area contributed by atoms with Gasteiger partial charge in [0, 0.05) is 45.8 Å². The number of carbonyl (C=O) groups is 1. The molecule has 0 saturated carbocycles. The molecule has 2 N–H and O–H groups in total. The fraction of sp³-hybridized carbons (Fsp3) is 0.667. The second-order valence-corrected chi connectivity index (χ2v) is 7.64. The number of benzene rings is 1. The first-order chi connectivity index (χ1) is 12.8. The van der Waals surface area contributed by atoms with Gasteiger partial charge in [-0.05, 0) is 44.3 Å². The Hall–Kier alpha value is -1.43. The van der Waals surface area contributed by atoms with Gasteiger partial charge in [-0.25, -0.2) is 0 Å². The Labute approximate surface area is 158 Å². The molecule has 1 aromatic rings. The van der Waals surface area contributed by atoms with Gasteiger partial charge in [-0.3, -0.25) is 9.69 Å². The SMILES string of the molecule is O=C(NCCCCN1CCN(Cc2ccccc2)CC1)C1CCCNC1. The molecular formula is C21H34N4O. The number of piperazine rings is 1. The molecule has 2 aliphatic heterocycles. The predicted octanol–water partition coefficient (Wildman–Crippen LogP) is 1.70. The number of nitrogens with zero attached hydrogens (tertiary/aromatic N) is 2. The molecule has 5 heteroatoms. The Morgan fingerprint density at radius 2 is 1.85 bits per heavy atom. The Morgan fingerprint density at radius 3 is 2.58 bits per heavy atom. The monoisotopic (exact) mass is 358 g/mol. The van der Waals surface area contributed by atoms with Crippen molar-refractivity contribution in [3.8, 4) is 0 Å². The van der Waals surface area contributed by atoms with Crippen LogP contribution in [0.25, 0.3) is 0 Å². The molecule has 1 aromatic carbocycles. The molecule has 0 spiro atoms. The zero-order valence-corrected chi connectivity index (χ0v) is 16.0. The Bertz CT molecular complexity index is 522. The van der Waals surface area contributed by atoms with Gasteiger partial charge in [0.2, 0.25) is 5.91 Å². The molecule has 0 aromatic heterocycles. The largest absolute Gasteiger partial charge is 0.356 e. The van der Waals surface area contributed by atoms with Crippen molar-refractivity contribution in [1.29, 1.82) is 0 Å². The fourth-order valence-electron chi connectivity index (χ4n) is 3.90. The van der Waals surface area contributed by atoms with Crippen LogP contribution in [0.1, 0.15) is 31.2 Å². The minimum Gasteiger partial charge on any atom is -0.356 e. The summed E-state index contributed by atoms with van der Waals surface area (Å²) in [6.45, 7) is 9.57. The molecule has 1 unspecified atom stereocenters. The second-order valence-electron chi connectivity index (χ2n) is 7.64. The number of rotatable bonds is 8. The summed E-state index contributed by atoms with van der Waals surface area (Å²) in [6, 6.07) is 10.7. The lowest BCUT2D eigenvalue weighted by Crippen LogP contribution is -2.46. The maximum atomic E-state index is 12.1. The third kappa shape index (κ3) is 6.38. The Morgan fingerprint density at radius 1 is 1.08 bits per heavy atom. The summed E-state index contributed by atoms with van der Waals surface area (Å²) in [7, 11) is 0. The van der Waals surface area contributed by atoms with Gasteiger partial charge in [0.15, 0.2) is 0 Å². The summed E-state index contributed by atoms with van der Waals surface area (Å²) in [5, 5.41) is 6.43. The molecule has 0 aliphatic carbocycles. The Balaban J connectivity index is 1.22. The summed E-state index contributed by atoms with van der Waals surface area (Å²) in [4.78, 5) is 17.2. The predicted molar refractivity (Wildman–Crippen MR) is 106 cm³/mol. The number of piperidine rings is 1. The van der Waals surface area contributed by atoms with Crippen molar-refractivity contribution in [3.63, 3.8) is 0 Å². The number of unbranched alkanes of at least 4 members (excludes halogenated alkanes) is 1. The van der Waals surface area contributed by atoms with Crippen LogP contribution in [0.2, 0.25) is 0 Å². The number of nitrogens with one attached hydrogen (secondary N) is 2. The normalized spacial score (nSPS) is 22.2. The molecule has 144 valence electrons. The first-order valence-corrected chi connectivity index (χ1v) is 10.3. The fourth-order valence-corrected chi connectivity index (χ4v) is 3.90. The summed E-state index contributed by atoms with van der Waals surface area (Å²) < 4.78 is 0. The van der Waals surface area contributed by atoms with Crippen molar-refractivity contribution in [3.05, 3.63) is 35.9 Å². The van der Waals surface area contributed by atoms with Crippen molar-refractivity contribution < 1.29 is 4.79 Å². The van der Waals surface area contributed by atoms with Gasteiger partial charge in [-0.2, -0.15) is 0 Å². The lowest BCUT2D eigenvalue weighted by molar-refractivity contribution is -0.125. The van der Waals surface area contributed by atoms with Crippen LogP contribution in [0.15, 0.2) is 30.3 Å². The third-order valence-corrected chi connectivity index (χ3v) is 5.58. The van der Waals surface area contributed by atoms with Crippen LogP contribution in [0.4, 0.5) is 0 Å². The van der Waals surface area contributed by atoms with Crippen molar-refractivity contribution in [1.82, 2.24) is 20.4 Å². The quantitative estimate of drug-likeness (QED) is 0.695. The van der Waals surface area contributed by atoms with Gasteiger partial charge in [0.05, 0.1) is 5.92 Å². The zero-order chi connectivity index (χ0) is 18.0. The van der Waals surface area contributed by atoms with Gasteiger partial charge >= 0.3 is 0 Å². The number of hydrogen-bond donors (Lipinski definition) is 2. The van der Waals surface area contributed by atoms with Crippen molar-refractivity contribution >= 4 is 5.91 Å². The molecule has 1 amide bonds. The summed E-state index contributed by atoms with van der Waals surface area (Å²) >= 11 is 0. The van der Waals surface area contributed by atoms with E-state index < -0.39 is 0 Å². The number of amides is 1. The van der Waals surface area contributed by atoms with Crippen molar-refractivity contribution in [2.75, 3.05) is 52.4 Å². The highest BCUT2D eigenvalue weighted by Gasteiger charge is 2.20. The molecule has 2 saturated heterocycles. The molecule has 2 fully saturated rings. The standard InChI is InChI=1S/C21H34N4O/c26-21(20-9-6-10-22-17-20)23-11-4-5-12-24-13-15-25(16-14-24)18-19-7-2-1-3-8-19/h1-3,7-8,20,22H,4-6,9-18H2,(H,23,26). The van der Waals surface area contributed by atoms with E-state index in [2.05, 4.69) is 50.8 Å². The molecular weight excluding hydrogens is 324 g/mol. The summed E-state index contributed by atoms with van der Waals surface area (Å²) in [6.07, 6.45) is 4.40. The maximum absolute atomic E-state index is 12.1. The van der Waals surface area contributed by atoms with E-state index in [0.717, 1.165) is 78.2 Å². The number of hydrogen-bond acceptors (Lipinski definition) is 4. The minimum absolute atomic E-state index is 0.182. The van der Waals surface area contributed by atoms with Crippen LogP contribution < -0.4 is 10.6 Å². The van der Waals surface area contributed by atoms with Crippen LogP contribution in [0.5, 0.6) is 0 Å². The summed E-state index contributed by atoms with van der Waals surface area (Å²) in [5.41, 5.74) is 1.41. The molecule has 2 aliphatic rings. The molecule has 26 heavy (non-hydrogen) atoms. The number of carbonyl (C=O) groups excluding carboxylic acids is 1.